The molecule has 0 aliphatic carbocycles. The minimum absolute atomic E-state index is 0.0344. The fourth-order valence-electron chi connectivity index (χ4n) is 2.23. The van der Waals surface area contributed by atoms with Crippen LogP contribution in [-0.4, -0.2) is 13.7 Å². The summed E-state index contributed by atoms with van der Waals surface area (Å²) in [6.07, 6.45) is 0. The molecule has 0 bridgehead atoms. The van der Waals surface area contributed by atoms with Crippen molar-refractivity contribution >= 4 is 0 Å². The zero-order chi connectivity index (χ0) is 15.4. The Morgan fingerprint density at radius 1 is 1.05 bits per heavy atom. The number of benzene rings is 2. The summed E-state index contributed by atoms with van der Waals surface area (Å²) in [6, 6.07) is 7.13. The Morgan fingerprint density at radius 3 is 2.29 bits per heavy atom. The van der Waals surface area contributed by atoms with Crippen molar-refractivity contribution in [3.63, 3.8) is 0 Å². The van der Waals surface area contributed by atoms with Crippen LogP contribution in [0.2, 0.25) is 0 Å². The highest BCUT2D eigenvalue weighted by Gasteiger charge is 2.22. The first-order chi connectivity index (χ1) is 10.1. The van der Waals surface area contributed by atoms with Crippen LogP contribution in [0.4, 0.5) is 13.2 Å². The van der Waals surface area contributed by atoms with Gasteiger partial charge < -0.3 is 10.1 Å². The molecule has 0 fully saturated rings. The van der Waals surface area contributed by atoms with E-state index < -0.39 is 23.5 Å². The van der Waals surface area contributed by atoms with Gasteiger partial charge in [0.15, 0.2) is 11.6 Å². The first-order valence-corrected chi connectivity index (χ1v) is 6.59. The second-order valence-electron chi connectivity index (χ2n) is 4.52. The van der Waals surface area contributed by atoms with Gasteiger partial charge in [0, 0.05) is 5.56 Å². The van der Waals surface area contributed by atoms with E-state index in [-0.39, 0.29) is 11.3 Å². The monoisotopic (exact) mass is 295 g/mol. The number of rotatable bonds is 5. The fraction of sp³-hybridized carbons (Fsp3) is 0.250. The summed E-state index contributed by atoms with van der Waals surface area (Å²) in [4.78, 5) is 0. The van der Waals surface area contributed by atoms with Crippen LogP contribution in [0.5, 0.6) is 5.75 Å². The van der Waals surface area contributed by atoms with Crippen molar-refractivity contribution in [1.82, 2.24) is 5.32 Å². The van der Waals surface area contributed by atoms with Crippen LogP contribution in [0.15, 0.2) is 36.4 Å². The number of nitrogens with one attached hydrogen (secondary N) is 1. The van der Waals surface area contributed by atoms with E-state index >= 15 is 0 Å². The van der Waals surface area contributed by atoms with E-state index in [1.807, 2.05) is 6.92 Å². The van der Waals surface area contributed by atoms with Crippen molar-refractivity contribution < 1.29 is 17.9 Å². The molecule has 2 rings (SSSR count). The lowest BCUT2D eigenvalue weighted by Crippen LogP contribution is -2.24. The highest BCUT2D eigenvalue weighted by Crippen LogP contribution is 2.30. The molecule has 0 aliphatic rings. The van der Waals surface area contributed by atoms with Crippen molar-refractivity contribution in [2.75, 3.05) is 13.7 Å². The third-order valence-electron chi connectivity index (χ3n) is 3.21. The number of hydrogen-bond donors (Lipinski definition) is 1. The molecule has 0 spiro atoms. The van der Waals surface area contributed by atoms with Gasteiger partial charge in [-0.25, -0.2) is 13.2 Å². The van der Waals surface area contributed by atoms with E-state index in [9.17, 15) is 13.2 Å². The molecule has 0 heterocycles. The van der Waals surface area contributed by atoms with Crippen LogP contribution in [0.3, 0.4) is 0 Å². The molecular formula is C16H16F3NO. The Kier molecular flexibility index (Phi) is 4.85. The summed E-state index contributed by atoms with van der Waals surface area (Å²) in [5, 5.41) is 3.01. The predicted molar refractivity (Wildman–Crippen MR) is 74.8 cm³/mol. The number of hydrogen-bond acceptors (Lipinski definition) is 2. The van der Waals surface area contributed by atoms with Gasteiger partial charge in [-0.2, -0.15) is 0 Å². The van der Waals surface area contributed by atoms with Gasteiger partial charge in [-0.1, -0.05) is 19.1 Å². The molecule has 0 aliphatic heterocycles. The highest BCUT2D eigenvalue weighted by atomic mass is 19.1. The summed E-state index contributed by atoms with van der Waals surface area (Å²) in [5.41, 5.74) is 0.437. The van der Waals surface area contributed by atoms with E-state index in [4.69, 9.17) is 4.74 Å². The van der Waals surface area contributed by atoms with Crippen LogP contribution in [0.1, 0.15) is 24.1 Å². The summed E-state index contributed by atoms with van der Waals surface area (Å²) in [5.74, 6) is -1.79. The molecule has 0 radical (unpaired) electrons. The minimum Gasteiger partial charge on any atom is -0.494 e. The summed E-state index contributed by atoms with van der Waals surface area (Å²) >= 11 is 0. The lowest BCUT2D eigenvalue weighted by Gasteiger charge is -2.20. The normalized spacial score (nSPS) is 12.2. The molecule has 0 saturated carbocycles. The van der Waals surface area contributed by atoms with Gasteiger partial charge in [-0.05, 0) is 36.4 Å². The summed E-state index contributed by atoms with van der Waals surface area (Å²) < 4.78 is 46.4. The summed E-state index contributed by atoms with van der Waals surface area (Å²) in [7, 11) is 1.34. The van der Waals surface area contributed by atoms with Gasteiger partial charge >= 0.3 is 0 Å². The van der Waals surface area contributed by atoms with Crippen LogP contribution in [0.25, 0.3) is 0 Å². The first kappa shape index (κ1) is 15.4. The largest absolute Gasteiger partial charge is 0.494 e. The topological polar surface area (TPSA) is 21.3 Å². The maximum atomic E-state index is 14.0. The smallest absolute Gasteiger partial charge is 0.165 e. The van der Waals surface area contributed by atoms with Crippen molar-refractivity contribution in [3.05, 3.63) is 65.0 Å². The molecule has 0 amide bonds. The van der Waals surface area contributed by atoms with Gasteiger partial charge in [0.25, 0.3) is 0 Å². The van der Waals surface area contributed by atoms with Crippen LogP contribution >= 0.6 is 0 Å². The molecule has 1 atom stereocenters. The number of methoxy groups -OCH3 is 1. The maximum absolute atomic E-state index is 14.0. The Hall–Kier alpha value is -2.01. The zero-order valence-electron chi connectivity index (χ0n) is 11.8. The van der Waals surface area contributed by atoms with Gasteiger partial charge in [0.1, 0.15) is 11.6 Å². The van der Waals surface area contributed by atoms with E-state index in [1.54, 1.807) is 0 Å². The second kappa shape index (κ2) is 6.63. The Labute approximate surface area is 121 Å². The molecule has 21 heavy (non-hydrogen) atoms. The molecule has 5 heteroatoms. The maximum Gasteiger partial charge on any atom is 0.165 e. The van der Waals surface area contributed by atoms with Gasteiger partial charge in [0.2, 0.25) is 0 Å². The molecular weight excluding hydrogens is 279 g/mol. The molecule has 1 N–H and O–H groups in total. The van der Waals surface area contributed by atoms with E-state index in [0.29, 0.717) is 12.1 Å². The number of halogens is 3. The molecule has 1 unspecified atom stereocenters. The molecule has 0 saturated heterocycles. The zero-order valence-corrected chi connectivity index (χ0v) is 11.8. The quantitative estimate of drug-likeness (QED) is 0.905. The van der Waals surface area contributed by atoms with E-state index in [2.05, 4.69) is 5.32 Å². The van der Waals surface area contributed by atoms with E-state index in [1.165, 1.54) is 43.5 Å². The Balaban J connectivity index is 2.53. The minimum atomic E-state index is -0.717. The molecule has 2 aromatic carbocycles. The second-order valence-corrected chi connectivity index (χ2v) is 4.52. The van der Waals surface area contributed by atoms with Crippen LogP contribution < -0.4 is 10.1 Å². The van der Waals surface area contributed by atoms with Crippen molar-refractivity contribution in [2.24, 2.45) is 0 Å². The number of ether oxygens (including phenoxy) is 1. The molecule has 112 valence electrons. The SMILES string of the molecule is CCNC(c1ccc(F)c(OC)c1)c1c(F)cccc1F. The van der Waals surface area contributed by atoms with Crippen LogP contribution in [-0.2, 0) is 0 Å². The van der Waals surface area contributed by atoms with Crippen molar-refractivity contribution in [3.8, 4) is 5.75 Å². The lowest BCUT2D eigenvalue weighted by atomic mass is 9.97. The van der Waals surface area contributed by atoms with Gasteiger partial charge in [-0.3, -0.25) is 0 Å². The van der Waals surface area contributed by atoms with Gasteiger partial charge in [-0.15, -0.1) is 0 Å². The lowest BCUT2D eigenvalue weighted by molar-refractivity contribution is 0.385. The summed E-state index contributed by atoms with van der Waals surface area (Å²) in [6.45, 7) is 2.32. The average molecular weight is 295 g/mol. The fourth-order valence-corrected chi connectivity index (χ4v) is 2.23. The molecule has 2 nitrogen and oxygen atoms in total. The highest BCUT2D eigenvalue weighted by molar-refractivity contribution is 5.38. The third-order valence-corrected chi connectivity index (χ3v) is 3.21. The van der Waals surface area contributed by atoms with Crippen LogP contribution in [0, 0.1) is 17.5 Å². The van der Waals surface area contributed by atoms with Crippen molar-refractivity contribution in [1.29, 1.82) is 0 Å². The molecule has 0 aromatic heterocycles. The third kappa shape index (κ3) is 3.19. The van der Waals surface area contributed by atoms with Gasteiger partial charge in [0.05, 0.1) is 13.2 Å². The first-order valence-electron chi connectivity index (χ1n) is 6.59. The molecule has 2 aromatic rings. The average Bonchev–Trinajstić information content (AvgIpc) is 2.47. The Bertz CT molecular complexity index is 611. The van der Waals surface area contributed by atoms with E-state index in [0.717, 1.165) is 0 Å². The predicted octanol–water partition coefficient (Wildman–Crippen LogP) is 3.81. The van der Waals surface area contributed by atoms with Crippen molar-refractivity contribution in [2.45, 2.75) is 13.0 Å². The Morgan fingerprint density at radius 2 is 1.71 bits per heavy atom. The standard InChI is InChI=1S/C16H16F3NO/c1-3-20-16(15-12(18)5-4-6-13(15)19)10-7-8-11(17)14(9-10)21-2/h4-9,16,20H,3H2,1-2H3.